The highest BCUT2D eigenvalue weighted by molar-refractivity contribution is 7.91. The molecule has 5 aliphatic rings. The van der Waals surface area contributed by atoms with E-state index < -0.39 is 21.8 Å². The van der Waals surface area contributed by atoms with Crippen molar-refractivity contribution in [3.05, 3.63) is 279 Å². The van der Waals surface area contributed by atoms with Gasteiger partial charge in [-0.15, -0.1) is 56.7 Å². The maximum atomic E-state index is 12.5. The van der Waals surface area contributed by atoms with Gasteiger partial charge in [0.2, 0.25) is 10.0 Å². The number of hydrogen-bond donors (Lipinski definition) is 9. The number of carbonyl (C=O) groups excluding carboxylic acids is 9. The fraction of sp³-hybridized carbons (Fsp3) is 0.306. The fourth-order valence-corrected chi connectivity index (χ4v) is 19.4. The summed E-state index contributed by atoms with van der Waals surface area (Å²) in [7, 11) is 1.23. The summed E-state index contributed by atoms with van der Waals surface area (Å²) in [6, 6.07) is 48.2. The molecule has 27 heteroatoms. The van der Waals surface area contributed by atoms with Crippen molar-refractivity contribution in [1.29, 1.82) is 0 Å². The van der Waals surface area contributed by atoms with Gasteiger partial charge in [-0.2, -0.15) is 0 Å². The number of nitrogens with zero attached hydrogens (tertiary/aromatic N) is 1. The van der Waals surface area contributed by atoms with E-state index in [-0.39, 0.29) is 75.8 Å². The van der Waals surface area contributed by atoms with E-state index in [0.717, 1.165) is 123 Å². The monoisotopic (exact) mass is 1620 g/mol. The SMILES string of the molecule is CNC(=O)c1ccc(C(=O)N[C@@H]2CCc3cc(C)ccc32)s1.Cc1ccc2c(c1)CCC[C@@H]2NC(=O)c1ccc(C(N)=O)s1.Cc1ccc2c(c1)CCC[C@@H]2NC(=O)c1ccc(S(N)(=O)=O)s1.Cc1ccc2c(c1)CCC[C@H]2NC(=O)c1ccc(C(N)=O)s1.Cc1ccc2c(c1)CC[C@H]2NC(=O)c1ccc(C(=O)N(C)C)s1. The Labute approximate surface area is 672 Å². The molecule has 5 aliphatic carbocycles. The smallest absolute Gasteiger partial charge is 0.263 e. The number of amides is 9. The van der Waals surface area contributed by atoms with Gasteiger partial charge in [-0.05, 0) is 234 Å². The molecule has 0 unspecified atom stereocenters. The third kappa shape index (κ3) is 20.9. The molecular formula is C85H92N10O11S6. The van der Waals surface area contributed by atoms with Crippen molar-refractivity contribution in [2.24, 2.45) is 16.6 Å². The third-order valence-electron chi connectivity index (χ3n) is 20.1. The van der Waals surface area contributed by atoms with Crippen molar-refractivity contribution in [2.75, 3.05) is 21.1 Å². The predicted octanol–water partition coefficient (Wildman–Crippen LogP) is 14.4. The number of aryl methyl sites for hydroxylation is 10. The molecule has 0 radical (unpaired) electrons. The van der Waals surface area contributed by atoms with Gasteiger partial charge in [-0.1, -0.05) is 119 Å². The highest BCUT2D eigenvalue weighted by atomic mass is 32.2. The standard InChI is InChI=1S/C18H20N2O2S.3C17H18N2O2S.C16H18N2O3S2/c1-11-4-6-13-12(10-11)5-7-14(13)19-17(21)15-8-9-16(23-15)18(22)20(2)3;1-10-3-5-12-11(9-10)4-6-13(12)19-17(21)15-8-7-14(22-15)16(20)18-2;2*1-10-5-6-12-11(9-10)3-2-4-13(12)19-17(21)15-8-7-14(22-15)16(18)20;1-10-5-6-12-11(9-10)3-2-4-13(12)18-16(19)14-7-8-15(22-14)23(17,20)21/h4,6,8-10,14H,5,7H2,1-3H3,(H,19,21);3,5,7-9,13H,4,6H2,1-2H3,(H,18,20)(H,19,21);2*5-9,13H,2-4H2,1H3,(H2,18,20)(H,19,21);5-9,13H,2-4H2,1H3,(H,18,19)(H2,17,20,21)/t14-;4*13-/m11100/s1. The van der Waals surface area contributed by atoms with Gasteiger partial charge in [0.05, 0.1) is 74.1 Å². The molecular weight excluding hydrogens is 1530 g/mol. The van der Waals surface area contributed by atoms with E-state index in [1.807, 2.05) is 6.07 Å². The summed E-state index contributed by atoms with van der Waals surface area (Å²) in [6.45, 7) is 10.4. The number of fused-ring (bicyclic) bond motifs is 5. The van der Waals surface area contributed by atoms with Crippen molar-refractivity contribution in [3.8, 4) is 0 Å². The number of rotatable bonds is 15. The molecule has 10 aromatic rings. The number of nitrogens with two attached hydrogens (primary N) is 3. The molecule has 5 aromatic carbocycles. The average Bonchev–Trinajstić information content (AvgIpc) is 1.50. The number of nitrogens with one attached hydrogen (secondary N) is 6. The van der Waals surface area contributed by atoms with Gasteiger partial charge >= 0.3 is 0 Å². The highest BCUT2D eigenvalue weighted by Gasteiger charge is 2.31. The number of thiophene rings is 5. The Morgan fingerprint density at radius 3 is 0.866 bits per heavy atom. The lowest BCUT2D eigenvalue weighted by Gasteiger charge is -2.26. The van der Waals surface area contributed by atoms with Crippen LogP contribution in [0.3, 0.4) is 0 Å². The number of primary sulfonamides is 1. The Morgan fingerprint density at radius 2 is 0.589 bits per heavy atom. The molecule has 584 valence electrons. The molecule has 0 spiro atoms. The van der Waals surface area contributed by atoms with E-state index in [0.29, 0.717) is 43.9 Å². The second kappa shape index (κ2) is 36.9. The molecule has 0 aliphatic heterocycles. The lowest BCUT2D eigenvalue weighted by molar-refractivity contribution is 0.0829. The van der Waals surface area contributed by atoms with Crippen molar-refractivity contribution >= 4 is 120 Å². The third-order valence-corrected chi connectivity index (χ3v) is 27.0. The molecule has 0 saturated heterocycles. The van der Waals surface area contributed by atoms with Crippen molar-refractivity contribution < 1.29 is 51.6 Å². The number of hydrogen-bond acceptors (Lipinski definition) is 16. The van der Waals surface area contributed by atoms with Gasteiger partial charge < -0.3 is 48.3 Å². The Morgan fingerprint density at radius 1 is 0.339 bits per heavy atom. The summed E-state index contributed by atoms with van der Waals surface area (Å²) in [5.74, 6) is -1.99. The average molecular weight is 1620 g/mol. The van der Waals surface area contributed by atoms with Crippen LogP contribution in [0.2, 0.25) is 0 Å². The Hall–Kier alpha value is -10.3. The van der Waals surface area contributed by atoms with Crippen molar-refractivity contribution in [3.63, 3.8) is 0 Å². The Bertz CT molecular complexity index is 5210. The van der Waals surface area contributed by atoms with E-state index in [9.17, 15) is 51.6 Å². The van der Waals surface area contributed by atoms with Crippen molar-refractivity contribution in [1.82, 2.24) is 36.8 Å². The van der Waals surface area contributed by atoms with Crippen LogP contribution in [0.15, 0.2) is 156 Å². The minimum atomic E-state index is -3.76. The van der Waals surface area contributed by atoms with Gasteiger partial charge in [0.1, 0.15) is 4.21 Å². The van der Waals surface area contributed by atoms with Crippen LogP contribution in [0.1, 0.15) is 252 Å². The minimum Gasteiger partial charge on any atom is -0.365 e. The van der Waals surface area contributed by atoms with Crippen LogP contribution < -0.4 is 48.5 Å². The zero-order chi connectivity index (χ0) is 80.2. The summed E-state index contributed by atoms with van der Waals surface area (Å²) < 4.78 is 22.6. The number of primary amides is 2. The molecule has 0 fully saturated rings. The van der Waals surface area contributed by atoms with Gasteiger partial charge in [-0.3, -0.25) is 43.2 Å². The Balaban J connectivity index is 0.000000138. The largest absolute Gasteiger partial charge is 0.365 e. The maximum Gasteiger partial charge on any atom is 0.263 e. The summed E-state index contributed by atoms with van der Waals surface area (Å²) >= 11 is 5.62. The molecule has 0 saturated carbocycles. The molecule has 15 rings (SSSR count). The summed E-state index contributed by atoms with van der Waals surface area (Å²) in [5, 5.41) is 23.0. The van der Waals surface area contributed by atoms with Crippen LogP contribution in [0.4, 0.5) is 0 Å². The van der Waals surface area contributed by atoms with Crippen molar-refractivity contribution in [2.45, 2.75) is 153 Å². The van der Waals surface area contributed by atoms with Gasteiger partial charge in [0.25, 0.3) is 53.2 Å². The van der Waals surface area contributed by atoms with Crippen LogP contribution >= 0.6 is 56.7 Å². The molecule has 9 amide bonds. The van der Waals surface area contributed by atoms with E-state index >= 15 is 0 Å². The topological polar surface area (TPSA) is 341 Å². The lowest BCUT2D eigenvalue weighted by atomic mass is 9.86. The first-order valence-corrected chi connectivity index (χ1v) is 42.7. The lowest BCUT2D eigenvalue weighted by Crippen LogP contribution is -2.30. The van der Waals surface area contributed by atoms with Gasteiger partial charge in [0.15, 0.2) is 0 Å². The molecule has 21 nitrogen and oxygen atoms in total. The second-order valence-electron chi connectivity index (χ2n) is 28.7. The molecule has 5 aromatic heterocycles. The van der Waals surface area contributed by atoms with Crippen LogP contribution in [-0.2, 0) is 42.1 Å². The second-order valence-corrected chi connectivity index (χ2v) is 35.9. The number of benzene rings is 5. The Kier molecular flexibility index (Phi) is 27.3. The van der Waals surface area contributed by atoms with Gasteiger partial charge in [0, 0.05) is 21.1 Å². The molecule has 112 heavy (non-hydrogen) atoms. The molecule has 12 N–H and O–H groups in total. The summed E-state index contributed by atoms with van der Waals surface area (Å²) in [6.07, 6.45) is 12.9. The first-order valence-electron chi connectivity index (χ1n) is 37.0. The first-order chi connectivity index (χ1) is 53.5. The van der Waals surface area contributed by atoms with E-state index in [2.05, 4.69) is 151 Å². The quantitative estimate of drug-likeness (QED) is 0.0464. The molecule has 5 heterocycles. The number of sulfonamides is 1. The predicted molar refractivity (Wildman–Crippen MR) is 444 cm³/mol. The number of carbonyl (C=O) groups is 9. The van der Waals surface area contributed by atoms with Crippen LogP contribution in [0, 0.1) is 34.6 Å². The van der Waals surface area contributed by atoms with Crippen LogP contribution in [-0.4, -0.2) is 87.6 Å². The first kappa shape index (κ1) is 82.7. The summed E-state index contributed by atoms with van der Waals surface area (Å²) in [4.78, 5) is 114. The maximum absolute atomic E-state index is 12.5. The van der Waals surface area contributed by atoms with E-state index in [1.54, 1.807) is 69.7 Å². The molecule has 5 atom stereocenters. The van der Waals surface area contributed by atoms with E-state index in [1.165, 1.54) is 118 Å². The zero-order valence-electron chi connectivity index (χ0n) is 63.6. The van der Waals surface area contributed by atoms with E-state index in [4.69, 9.17) is 16.6 Å². The van der Waals surface area contributed by atoms with Crippen LogP contribution in [0.5, 0.6) is 0 Å². The zero-order valence-corrected chi connectivity index (χ0v) is 68.5. The highest BCUT2D eigenvalue weighted by Crippen LogP contribution is 2.37. The normalized spacial score (nSPS) is 16.7. The minimum absolute atomic E-state index is 0.00215. The van der Waals surface area contributed by atoms with Gasteiger partial charge in [-0.25, -0.2) is 13.6 Å². The molecule has 0 bridgehead atoms. The fourth-order valence-electron chi connectivity index (χ4n) is 14.5. The summed E-state index contributed by atoms with van der Waals surface area (Å²) in [5.41, 5.74) is 29.2. The van der Waals surface area contributed by atoms with Crippen LogP contribution in [0.25, 0.3) is 0 Å².